The number of benzene rings is 1. The summed E-state index contributed by atoms with van der Waals surface area (Å²) in [5, 5.41) is 0. The van der Waals surface area contributed by atoms with Crippen LogP contribution in [0.2, 0.25) is 0 Å². The zero-order valence-corrected chi connectivity index (χ0v) is 17.8. The standard InChI is InChI=1S/C25H29N3O3/c29-24-25(31-23-10-9-21(28(23)24)18-5-2-1-3-6-18)12-15-27(16-13-25)22-17-20(11-14-26-22)30-19-7-4-8-19/h1-3,5-6,11,14,17,19,21,23H,4,7-10,12-13,15-16H2/t21-,23?/m0/s1. The van der Waals surface area contributed by atoms with Gasteiger partial charge in [-0.15, -0.1) is 0 Å². The number of nitrogens with zero attached hydrogens (tertiary/aromatic N) is 3. The molecule has 2 aromatic rings. The average molecular weight is 420 g/mol. The molecule has 1 amide bonds. The molecule has 31 heavy (non-hydrogen) atoms. The van der Waals surface area contributed by atoms with Gasteiger partial charge < -0.3 is 19.3 Å². The van der Waals surface area contributed by atoms with Crippen LogP contribution >= 0.6 is 0 Å². The van der Waals surface area contributed by atoms with E-state index in [4.69, 9.17) is 9.47 Å². The summed E-state index contributed by atoms with van der Waals surface area (Å²) in [6, 6.07) is 14.5. The number of rotatable bonds is 4. The first-order chi connectivity index (χ1) is 15.2. The highest BCUT2D eigenvalue weighted by Gasteiger charge is 2.57. The van der Waals surface area contributed by atoms with Crippen molar-refractivity contribution in [3.8, 4) is 5.75 Å². The number of hydrogen-bond acceptors (Lipinski definition) is 5. The van der Waals surface area contributed by atoms with Crippen molar-refractivity contribution in [3.05, 3.63) is 54.2 Å². The first-order valence-corrected chi connectivity index (χ1v) is 11.7. The van der Waals surface area contributed by atoms with Crippen LogP contribution in [-0.4, -0.2) is 46.8 Å². The Balaban J connectivity index is 1.15. The second-order valence-corrected chi connectivity index (χ2v) is 9.29. The Labute approximate surface area is 183 Å². The first-order valence-electron chi connectivity index (χ1n) is 11.7. The molecule has 1 saturated carbocycles. The molecule has 6 nitrogen and oxygen atoms in total. The van der Waals surface area contributed by atoms with E-state index in [1.165, 1.54) is 12.0 Å². The molecule has 2 atom stereocenters. The van der Waals surface area contributed by atoms with E-state index in [0.29, 0.717) is 18.9 Å². The van der Waals surface area contributed by atoms with Gasteiger partial charge in [0, 0.05) is 38.2 Å². The minimum Gasteiger partial charge on any atom is -0.490 e. The molecule has 1 spiro atoms. The number of pyridine rings is 1. The van der Waals surface area contributed by atoms with E-state index in [1.54, 1.807) is 0 Å². The van der Waals surface area contributed by atoms with Crippen molar-refractivity contribution >= 4 is 11.7 Å². The van der Waals surface area contributed by atoms with E-state index in [-0.39, 0.29) is 18.2 Å². The minimum absolute atomic E-state index is 0.0819. The monoisotopic (exact) mass is 419 g/mol. The maximum Gasteiger partial charge on any atom is 0.257 e. The summed E-state index contributed by atoms with van der Waals surface area (Å²) in [6.07, 6.45) is 8.94. The Morgan fingerprint density at radius 3 is 2.58 bits per heavy atom. The van der Waals surface area contributed by atoms with Crippen molar-refractivity contribution in [1.29, 1.82) is 0 Å². The largest absolute Gasteiger partial charge is 0.490 e. The van der Waals surface area contributed by atoms with E-state index in [0.717, 1.165) is 50.3 Å². The van der Waals surface area contributed by atoms with Gasteiger partial charge in [0.25, 0.3) is 5.91 Å². The zero-order valence-electron chi connectivity index (χ0n) is 17.8. The van der Waals surface area contributed by atoms with Crippen LogP contribution in [0.3, 0.4) is 0 Å². The van der Waals surface area contributed by atoms with Gasteiger partial charge in [0.15, 0.2) is 5.60 Å². The van der Waals surface area contributed by atoms with E-state index < -0.39 is 5.60 Å². The number of amides is 1. The fraction of sp³-hybridized carbons (Fsp3) is 0.520. The smallest absolute Gasteiger partial charge is 0.257 e. The van der Waals surface area contributed by atoms with E-state index in [1.807, 2.05) is 41.4 Å². The van der Waals surface area contributed by atoms with Crippen molar-refractivity contribution in [3.63, 3.8) is 0 Å². The van der Waals surface area contributed by atoms with Gasteiger partial charge in [-0.2, -0.15) is 0 Å². The highest BCUT2D eigenvalue weighted by molar-refractivity contribution is 5.88. The van der Waals surface area contributed by atoms with Crippen LogP contribution in [0, 0.1) is 0 Å². The summed E-state index contributed by atoms with van der Waals surface area (Å²) in [5.74, 6) is 2.01. The number of hydrogen-bond donors (Lipinski definition) is 0. The van der Waals surface area contributed by atoms with Crippen molar-refractivity contribution < 1.29 is 14.3 Å². The quantitative estimate of drug-likeness (QED) is 0.748. The molecule has 3 saturated heterocycles. The van der Waals surface area contributed by atoms with Gasteiger partial charge in [-0.1, -0.05) is 30.3 Å². The predicted molar refractivity (Wildman–Crippen MR) is 117 cm³/mol. The molecular formula is C25H29N3O3. The molecule has 162 valence electrons. The van der Waals surface area contributed by atoms with Crippen molar-refractivity contribution in [2.45, 2.75) is 68.9 Å². The zero-order chi connectivity index (χ0) is 20.8. The number of carbonyl (C=O) groups is 1. The summed E-state index contributed by atoms with van der Waals surface area (Å²) in [5.41, 5.74) is 0.540. The normalized spacial score (nSPS) is 27.4. The number of piperidine rings is 1. The average Bonchev–Trinajstić information content (AvgIpc) is 3.30. The molecule has 4 fully saturated rings. The third-order valence-electron chi connectivity index (χ3n) is 7.47. The van der Waals surface area contributed by atoms with Gasteiger partial charge >= 0.3 is 0 Å². The van der Waals surface area contributed by atoms with E-state index >= 15 is 0 Å². The molecule has 1 aromatic carbocycles. The lowest BCUT2D eigenvalue weighted by atomic mass is 9.89. The molecule has 1 aliphatic carbocycles. The lowest BCUT2D eigenvalue weighted by Gasteiger charge is -2.38. The van der Waals surface area contributed by atoms with E-state index in [9.17, 15) is 4.79 Å². The van der Waals surface area contributed by atoms with Crippen LogP contribution < -0.4 is 9.64 Å². The molecule has 4 aliphatic rings. The van der Waals surface area contributed by atoms with Gasteiger partial charge in [0.05, 0.1) is 12.1 Å². The molecule has 3 aliphatic heterocycles. The lowest BCUT2D eigenvalue weighted by molar-refractivity contribution is -0.140. The van der Waals surface area contributed by atoms with Crippen LogP contribution in [0.1, 0.15) is 56.6 Å². The molecule has 0 radical (unpaired) electrons. The van der Waals surface area contributed by atoms with Crippen LogP contribution in [0.15, 0.2) is 48.7 Å². The first kappa shape index (κ1) is 19.1. The predicted octanol–water partition coefficient (Wildman–Crippen LogP) is 4.07. The Morgan fingerprint density at radius 2 is 1.84 bits per heavy atom. The maximum absolute atomic E-state index is 13.6. The SMILES string of the molecule is O=C1N2C(CC[C@H]2c2ccccc2)OC12CCN(c1cc(OC3CCC3)ccn1)CC2. The second-order valence-electron chi connectivity index (χ2n) is 9.29. The van der Waals surface area contributed by atoms with Gasteiger partial charge in [-0.05, 0) is 43.7 Å². The molecular weight excluding hydrogens is 390 g/mol. The topological polar surface area (TPSA) is 54.9 Å². The van der Waals surface area contributed by atoms with Gasteiger partial charge in [0.1, 0.15) is 17.8 Å². The highest BCUT2D eigenvalue weighted by Crippen LogP contribution is 2.47. The molecule has 4 heterocycles. The molecule has 0 N–H and O–H groups in total. The Hall–Kier alpha value is -2.60. The number of anilines is 1. The number of fused-ring (bicyclic) bond motifs is 1. The van der Waals surface area contributed by atoms with Crippen molar-refractivity contribution in [2.75, 3.05) is 18.0 Å². The summed E-state index contributed by atoms with van der Waals surface area (Å²) in [4.78, 5) is 22.4. The van der Waals surface area contributed by atoms with Gasteiger partial charge in [0.2, 0.25) is 0 Å². The third kappa shape index (κ3) is 3.28. The molecule has 1 aromatic heterocycles. The second kappa shape index (κ2) is 7.52. The van der Waals surface area contributed by atoms with Crippen LogP contribution in [0.25, 0.3) is 0 Å². The van der Waals surface area contributed by atoms with Gasteiger partial charge in [-0.25, -0.2) is 4.98 Å². The lowest BCUT2D eigenvalue weighted by Crippen LogP contribution is -2.50. The number of carbonyl (C=O) groups excluding carboxylic acids is 1. The number of aromatic nitrogens is 1. The fourth-order valence-electron chi connectivity index (χ4n) is 5.47. The summed E-state index contributed by atoms with van der Waals surface area (Å²) in [6.45, 7) is 1.53. The van der Waals surface area contributed by atoms with Crippen LogP contribution in [0.4, 0.5) is 5.82 Å². The number of ether oxygens (including phenoxy) is 2. The Bertz CT molecular complexity index is 953. The maximum atomic E-state index is 13.6. The fourth-order valence-corrected chi connectivity index (χ4v) is 5.47. The highest BCUT2D eigenvalue weighted by atomic mass is 16.6. The third-order valence-corrected chi connectivity index (χ3v) is 7.47. The van der Waals surface area contributed by atoms with Crippen LogP contribution in [0.5, 0.6) is 5.75 Å². The Morgan fingerprint density at radius 1 is 1.03 bits per heavy atom. The van der Waals surface area contributed by atoms with Gasteiger partial charge in [-0.3, -0.25) is 4.79 Å². The van der Waals surface area contributed by atoms with E-state index in [2.05, 4.69) is 22.0 Å². The van der Waals surface area contributed by atoms with Crippen molar-refractivity contribution in [2.24, 2.45) is 0 Å². The Kier molecular flexibility index (Phi) is 4.64. The summed E-state index contributed by atoms with van der Waals surface area (Å²) in [7, 11) is 0. The van der Waals surface area contributed by atoms with Crippen molar-refractivity contribution in [1.82, 2.24) is 9.88 Å². The molecule has 6 rings (SSSR count). The minimum atomic E-state index is -0.672. The summed E-state index contributed by atoms with van der Waals surface area (Å²) >= 11 is 0. The molecule has 0 bridgehead atoms. The molecule has 1 unspecified atom stereocenters. The molecule has 6 heteroatoms. The summed E-state index contributed by atoms with van der Waals surface area (Å²) < 4.78 is 12.5. The van der Waals surface area contributed by atoms with Crippen LogP contribution in [-0.2, 0) is 9.53 Å².